The van der Waals surface area contributed by atoms with Gasteiger partial charge in [-0.3, -0.25) is 24.1 Å². The maximum absolute atomic E-state index is 12.0. The van der Waals surface area contributed by atoms with E-state index >= 15 is 0 Å². The molecule has 2 aromatic heterocycles. The third-order valence-electron chi connectivity index (χ3n) is 5.74. The molecule has 1 aliphatic heterocycles. The van der Waals surface area contributed by atoms with Crippen molar-refractivity contribution in [1.82, 2.24) is 34.4 Å². The first-order valence-electron chi connectivity index (χ1n) is 11.1. The van der Waals surface area contributed by atoms with E-state index in [1.54, 1.807) is 18.5 Å². The molecular weight excluding hydrogens is 434 g/mol. The lowest BCUT2D eigenvalue weighted by molar-refractivity contribution is -0.122. The Bertz CT molecular complexity index is 1160. The van der Waals surface area contributed by atoms with Gasteiger partial charge in [0, 0.05) is 50.7 Å². The third kappa shape index (κ3) is 5.44. The molecule has 1 fully saturated rings. The Labute approximate surface area is 199 Å². The zero-order valence-corrected chi connectivity index (χ0v) is 19.7. The van der Waals surface area contributed by atoms with Crippen LogP contribution in [-0.4, -0.2) is 74.3 Å². The van der Waals surface area contributed by atoms with Gasteiger partial charge in [-0.2, -0.15) is 0 Å². The highest BCUT2D eigenvalue weighted by atomic mass is 32.1. The van der Waals surface area contributed by atoms with Gasteiger partial charge in [0.1, 0.15) is 0 Å². The topological polar surface area (TPSA) is 71.2 Å². The first-order chi connectivity index (χ1) is 16.1. The Hall–Kier alpha value is -3.14. The maximum Gasteiger partial charge on any atom is 0.234 e. The summed E-state index contributed by atoms with van der Waals surface area (Å²) < 4.78 is 4.59. The fourth-order valence-electron chi connectivity index (χ4n) is 3.94. The molecule has 172 valence electrons. The van der Waals surface area contributed by atoms with E-state index in [1.165, 1.54) is 0 Å². The number of nitrogens with one attached hydrogen (secondary N) is 1. The zero-order chi connectivity index (χ0) is 23.2. The minimum absolute atomic E-state index is 0.0320. The molecule has 0 spiro atoms. The fourth-order valence-corrected chi connectivity index (χ4v) is 4.23. The Morgan fingerprint density at radius 3 is 2.52 bits per heavy atom. The summed E-state index contributed by atoms with van der Waals surface area (Å²) in [6, 6.07) is 12.1. The van der Waals surface area contributed by atoms with E-state index in [2.05, 4.69) is 45.7 Å². The average Bonchev–Trinajstić information content (AvgIpc) is 3.15. The van der Waals surface area contributed by atoms with Crippen LogP contribution in [0.3, 0.4) is 0 Å². The highest BCUT2D eigenvalue weighted by Crippen LogP contribution is 2.24. The van der Waals surface area contributed by atoms with Gasteiger partial charge in [0.25, 0.3) is 0 Å². The molecule has 0 aliphatic carbocycles. The van der Waals surface area contributed by atoms with Crippen molar-refractivity contribution in [3.05, 3.63) is 71.8 Å². The van der Waals surface area contributed by atoms with Crippen LogP contribution in [0.1, 0.15) is 5.56 Å². The van der Waals surface area contributed by atoms with Crippen molar-refractivity contribution in [1.29, 1.82) is 0 Å². The van der Waals surface area contributed by atoms with Crippen molar-refractivity contribution in [3.63, 3.8) is 0 Å². The lowest BCUT2D eigenvalue weighted by atomic mass is 10.2. The Morgan fingerprint density at radius 2 is 1.82 bits per heavy atom. The van der Waals surface area contributed by atoms with Crippen molar-refractivity contribution in [2.75, 3.05) is 39.3 Å². The lowest BCUT2D eigenvalue weighted by Crippen LogP contribution is -2.49. The summed E-state index contributed by atoms with van der Waals surface area (Å²) in [5.41, 5.74) is 3.12. The van der Waals surface area contributed by atoms with Gasteiger partial charge in [0.05, 0.1) is 18.9 Å². The van der Waals surface area contributed by atoms with Crippen LogP contribution in [0.15, 0.2) is 61.4 Å². The molecule has 0 saturated carbocycles. The number of piperazine rings is 1. The fraction of sp³-hybridized carbons (Fsp3) is 0.333. The highest BCUT2D eigenvalue weighted by molar-refractivity contribution is 7.71. The first-order valence-corrected chi connectivity index (χ1v) is 11.5. The van der Waals surface area contributed by atoms with Crippen LogP contribution in [0.2, 0.25) is 0 Å². The van der Waals surface area contributed by atoms with Crippen LogP contribution < -0.4 is 5.32 Å². The highest BCUT2D eigenvalue weighted by Gasteiger charge is 2.21. The molecule has 1 saturated heterocycles. The number of carbonyl (C=O) groups is 1. The van der Waals surface area contributed by atoms with Crippen LogP contribution in [0.5, 0.6) is 0 Å². The van der Waals surface area contributed by atoms with Gasteiger partial charge in [0.2, 0.25) is 10.7 Å². The Kier molecular flexibility index (Phi) is 7.43. The number of pyridine rings is 1. The summed E-state index contributed by atoms with van der Waals surface area (Å²) in [7, 11) is 0. The standard InChI is InChI=1S/C24H29N7OS/c1-3-10-26-22(32)17-28-13-15-29(16-14-28)18-30-24(33)31(21-7-5-4-6-19(21)2)23(27-30)20-8-11-25-12-9-20/h3-9,11-12H,1,10,13-18H2,2H3,(H,26,32). The van der Waals surface area contributed by atoms with Gasteiger partial charge in [-0.05, 0) is 42.9 Å². The molecule has 0 atom stereocenters. The second-order valence-electron chi connectivity index (χ2n) is 8.09. The van der Waals surface area contributed by atoms with Gasteiger partial charge in [0.15, 0.2) is 5.82 Å². The molecule has 1 N–H and O–H groups in total. The average molecular weight is 464 g/mol. The third-order valence-corrected chi connectivity index (χ3v) is 6.14. The lowest BCUT2D eigenvalue weighted by Gasteiger charge is -2.33. The minimum atomic E-state index is 0.0320. The van der Waals surface area contributed by atoms with Crippen LogP contribution in [0.4, 0.5) is 0 Å². The zero-order valence-electron chi connectivity index (χ0n) is 18.9. The van der Waals surface area contributed by atoms with Crippen LogP contribution in [0, 0.1) is 11.7 Å². The molecule has 1 aliphatic rings. The molecule has 1 aromatic carbocycles. The number of aromatic nitrogens is 4. The van der Waals surface area contributed by atoms with E-state index in [0.717, 1.165) is 48.8 Å². The number of amides is 1. The molecule has 3 aromatic rings. The number of carbonyl (C=O) groups excluding carboxylic acids is 1. The summed E-state index contributed by atoms with van der Waals surface area (Å²) in [5, 5.41) is 7.75. The van der Waals surface area contributed by atoms with Crippen LogP contribution >= 0.6 is 12.2 Å². The van der Waals surface area contributed by atoms with E-state index in [-0.39, 0.29) is 5.91 Å². The number of hydrogen-bond donors (Lipinski definition) is 1. The van der Waals surface area contributed by atoms with Gasteiger partial charge >= 0.3 is 0 Å². The molecular formula is C24H29N7OS. The van der Waals surface area contributed by atoms with Gasteiger partial charge in [-0.1, -0.05) is 24.3 Å². The molecule has 3 heterocycles. The second-order valence-corrected chi connectivity index (χ2v) is 8.46. The summed E-state index contributed by atoms with van der Waals surface area (Å²) in [5.74, 6) is 0.832. The van der Waals surface area contributed by atoms with Gasteiger partial charge in [-0.25, -0.2) is 4.68 Å². The molecule has 4 rings (SSSR count). The number of hydrogen-bond acceptors (Lipinski definition) is 6. The second kappa shape index (κ2) is 10.7. The predicted octanol–water partition coefficient (Wildman–Crippen LogP) is 2.65. The predicted molar refractivity (Wildman–Crippen MR) is 132 cm³/mol. The van der Waals surface area contributed by atoms with E-state index in [9.17, 15) is 4.79 Å². The molecule has 1 amide bonds. The molecule has 9 heteroatoms. The number of benzene rings is 1. The van der Waals surface area contributed by atoms with E-state index in [4.69, 9.17) is 17.3 Å². The number of nitrogens with zero attached hydrogens (tertiary/aromatic N) is 6. The van der Waals surface area contributed by atoms with Crippen molar-refractivity contribution in [3.8, 4) is 17.1 Å². The van der Waals surface area contributed by atoms with E-state index in [1.807, 2.05) is 33.5 Å². The van der Waals surface area contributed by atoms with E-state index in [0.29, 0.717) is 24.5 Å². The number of rotatable bonds is 8. The van der Waals surface area contributed by atoms with Crippen molar-refractivity contribution in [2.45, 2.75) is 13.6 Å². The van der Waals surface area contributed by atoms with Crippen LogP contribution in [-0.2, 0) is 11.5 Å². The van der Waals surface area contributed by atoms with Crippen LogP contribution in [0.25, 0.3) is 17.1 Å². The SMILES string of the molecule is C=CCNC(=O)CN1CCN(Cn2nc(-c3ccncc3)n(-c3ccccc3C)c2=S)CC1. The van der Waals surface area contributed by atoms with Crippen molar-refractivity contribution < 1.29 is 4.79 Å². The maximum atomic E-state index is 12.0. The molecule has 8 nitrogen and oxygen atoms in total. The summed E-state index contributed by atoms with van der Waals surface area (Å²) in [4.78, 5) is 20.6. The molecule has 0 bridgehead atoms. The summed E-state index contributed by atoms with van der Waals surface area (Å²) in [6.45, 7) is 10.6. The van der Waals surface area contributed by atoms with Crippen molar-refractivity contribution in [2.24, 2.45) is 0 Å². The first kappa shape index (κ1) is 23.0. The number of aryl methyl sites for hydroxylation is 1. The molecule has 0 unspecified atom stereocenters. The van der Waals surface area contributed by atoms with Gasteiger partial charge < -0.3 is 5.32 Å². The normalized spacial score (nSPS) is 14.8. The molecule has 0 radical (unpaired) electrons. The summed E-state index contributed by atoms with van der Waals surface area (Å²) >= 11 is 5.89. The van der Waals surface area contributed by atoms with Crippen molar-refractivity contribution >= 4 is 18.1 Å². The number of para-hydroxylation sites is 1. The summed E-state index contributed by atoms with van der Waals surface area (Å²) in [6.07, 6.45) is 5.23. The largest absolute Gasteiger partial charge is 0.352 e. The Morgan fingerprint density at radius 1 is 1.12 bits per heavy atom. The minimum Gasteiger partial charge on any atom is -0.352 e. The van der Waals surface area contributed by atoms with E-state index < -0.39 is 0 Å². The molecule has 33 heavy (non-hydrogen) atoms. The quantitative estimate of drug-likeness (QED) is 0.409. The van der Waals surface area contributed by atoms with Gasteiger partial charge in [-0.15, -0.1) is 11.7 Å². The Balaban J connectivity index is 1.53. The monoisotopic (exact) mass is 463 g/mol. The smallest absolute Gasteiger partial charge is 0.234 e.